The Hall–Kier alpha value is -2.56. The first-order valence-corrected chi connectivity index (χ1v) is 7.25. The molecule has 0 saturated carbocycles. The maximum Gasteiger partial charge on any atom is 0.198 e. The molecule has 5 heteroatoms. The summed E-state index contributed by atoms with van der Waals surface area (Å²) in [6.45, 7) is 2.06. The van der Waals surface area contributed by atoms with Crippen molar-refractivity contribution in [3.63, 3.8) is 0 Å². The van der Waals surface area contributed by atoms with E-state index in [1.807, 2.05) is 31.4 Å². The Balaban J connectivity index is 1.85. The summed E-state index contributed by atoms with van der Waals surface area (Å²) in [6, 6.07) is 5.93. The van der Waals surface area contributed by atoms with Gasteiger partial charge >= 0.3 is 0 Å². The Morgan fingerprint density at radius 3 is 2.95 bits per heavy atom. The number of nitrogens with zero attached hydrogens (tertiary/aromatic N) is 2. The Labute approximate surface area is 128 Å². The van der Waals surface area contributed by atoms with E-state index in [0.29, 0.717) is 12.2 Å². The first kappa shape index (κ1) is 14.4. The number of aromatic nitrogens is 3. The van der Waals surface area contributed by atoms with Crippen LogP contribution >= 0.6 is 0 Å². The van der Waals surface area contributed by atoms with Crippen LogP contribution in [-0.2, 0) is 7.05 Å². The molecule has 0 amide bonds. The van der Waals surface area contributed by atoms with Crippen molar-refractivity contribution in [1.82, 2.24) is 14.5 Å². The van der Waals surface area contributed by atoms with Gasteiger partial charge in [-0.25, -0.2) is 4.98 Å². The maximum absolute atomic E-state index is 12.4. The molecule has 2 heterocycles. The SMILES string of the molecule is COc1ccc2c(C(C)CC(=O)c3nccn3C)c[nH]c2c1. The van der Waals surface area contributed by atoms with Gasteiger partial charge in [0.25, 0.3) is 0 Å². The van der Waals surface area contributed by atoms with Crippen LogP contribution in [0.1, 0.15) is 35.4 Å². The number of carbonyl (C=O) groups excluding carboxylic acids is 1. The standard InChI is InChI=1S/C17H19N3O2/c1-11(8-16(21)17-18-6-7-20(17)2)14-10-19-15-9-12(22-3)4-5-13(14)15/h4-7,9-11,19H,8H2,1-3H3. The number of hydrogen-bond donors (Lipinski definition) is 1. The van der Waals surface area contributed by atoms with E-state index >= 15 is 0 Å². The number of H-pyrrole nitrogens is 1. The second-order valence-corrected chi connectivity index (χ2v) is 5.55. The molecule has 3 aromatic rings. The van der Waals surface area contributed by atoms with E-state index in [1.165, 1.54) is 0 Å². The molecule has 0 aliphatic heterocycles. The van der Waals surface area contributed by atoms with Crippen LogP contribution in [0.5, 0.6) is 5.75 Å². The molecule has 0 spiro atoms. The van der Waals surface area contributed by atoms with E-state index in [0.717, 1.165) is 22.2 Å². The minimum atomic E-state index is 0.0582. The maximum atomic E-state index is 12.4. The number of ketones is 1. The largest absolute Gasteiger partial charge is 0.497 e. The van der Waals surface area contributed by atoms with Gasteiger partial charge in [-0.3, -0.25) is 4.79 Å². The smallest absolute Gasteiger partial charge is 0.198 e. The molecule has 0 radical (unpaired) electrons. The van der Waals surface area contributed by atoms with Gasteiger partial charge in [0.15, 0.2) is 11.6 Å². The minimum absolute atomic E-state index is 0.0582. The molecule has 1 N–H and O–H groups in total. The third-order valence-electron chi connectivity index (χ3n) is 4.01. The number of fused-ring (bicyclic) bond motifs is 1. The number of aromatic amines is 1. The van der Waals surface area contributed by atoms with Gasteiger partial charge in [-0.1, -0.05) is 6.92 Å². The van der Waals surface area contributed by atoms with Crippen LogP contribution in [-0.4, -0.2) is 27.4 Å². The third kappa shape index (κ3) is 2.50. The zero-order valence-electron chi connectivity index (χ0n) is 13.0. The molecular weight excluding hydrogens is 278 g/mol. The molecule has 3 rings (SSSR count). The fourth-order valence-electron chi connectivity index (χ4n) is 2.78. The minimum Gasteiger partial charge on any atom is -0.497 e. The normalized spacial score (nSPS) is 12.5. The van der Waals surface area contributed by atoms with Crippen molar-refractivity contribution < 1.29 is 9.53 Å². The van der Waals surface area contributed by atoms with Crippen LogP contribution in [0.3, 0.4) is 0 Å². The van der Waals surface area contributed by atoms with Crippen LogP contribution < -0.4 is 4.74 Å². The molecule has 1 aromatic carbocycles. The lowest BCUT2D eigenvalue weighted by atomic mass is 9.95. The predicted molar refractivity (Wildman–Crippen MR) is 85.4 cm³/mol. The highest BCUT2D eigenvalue weighted by Crippen LogP contribution is 2.30. The van der Waals surface area contributed by atoms with Crippen LogP contribution in [0.25, 0.3) is 10.9 Å². The molecular formula is C17H19N3O2. The van der Waals surface area contributed by atoms with Crippen molar-refractivity contribution >= 4 is 16.7 Å². The van der Waals surface area contributed by atoms with E-state index in [2.05, 4.69) is 16.9 Å². The monoisotopic (exact) mass is 297 g/mol. The highest BCUT2D eigenvalue weighted by atomic mass is 16.5. The molecule has 2 aromatic heterocycles. The average Bonchev–Trinajstić information content (AvgIpc) is 3.12. The van der Waals surface area contributed by atoms with Gasteiger partial charge in [-0.15, -0.1) is 0 Å². The highest BCUT2D eigenvalue weighted by Gasteiger charge is 2.18. The summed E-state index contributed by atoms with van der Waals surface area (Å²) in [4.78, 5) is 19.7. The molecule has 0 saturated heterocycles. The number of ether oxygens (including phenoxy) is 1. The van der Waals surface area contributed by atoms with Crippen molar-refractivity contribution in [2.24, 2.45) is 7.05 Å². The third-order valence-corrected chi connectivity index (χ3v) is 4.01. The van der Waals surface area contributed by atoms with E-state index in [9.17, 15) is 4.79 Å². The lowest BCUT2D eigenvalue weighted by molar-refractivity contribution is 0.0963. The topological polar surface area (TPSA) is 59.9 Å². The van der Waals surface area contributed by atoms with Crippen LogP contribution in [0.15, 0.2) is 36.8 Å². The lowest BCUT2D eigenvalue weighted by Gasteiger charge is -2.10. The van der Waals surface area contributed by atoms with Crippen molar-refractivity contribution in [2.45, 2.75) is 19.3 Å². The zero-order chi connectivity index (χ0) is 15.7. The molecule has 22 heavy (non-hydrogen) atoms. The van der Waals surface area contributed by atoms with Gasteiger partial charge in [0, 0.05) is 49.0 Å². The summed E-state index contributed by atoms with van der Waals surface area (Å²) in [5.74, 6) is 1.50. The van der Waals surface area contributed by atoms with Gasteiger partial charge in [0.05, 0.1) is 7.11 Å². The van der Waals surface area contributed by atoms with Crippen molar-refractivity contribution in [1.29, 1.82) is 0 Å². The molecule has 1 unspecified atom stereocenters. The summed E-state index contributed by atoms with van der Waals surface area (Å²) in [5.41, 5.74) is 2.16. The Morgan fingerprint density at radius 1 is 1.45 bits per heavy atom. The molecule has 0 aliphatic rings. The molecule has 0 aliphatic carbocycles. The molecule has 1 atom stereocenters. The Kier molecular flexibility index (Phi) is 3.71. The van der Waals surface area contributed by atoms with Crippen LogP contribution in [0.2, 0.25) is 0 Å². The summed E-state index contributed by atoms with van der Waals surface area (Å²) in [6.07, 6.45) is 5.84. The van der Waals surface area contributed by atoms with Gasteiger partial charge in [-0.05, 0) is 23.6 Å². The molecule has 0 bridgehead atoms. The number of carbonyl (C=O) groups is 1. The van der Waals surface area contributed by atoms with Gasteiger partial charge < -0.3 is 14.3 Å². The molecule has 0 fully saturated rings. The van der Waals surface area contributed by atoms with Crippen molar-refractivity contribution in [3.05, 3.63) is 48.2 Å². The lowest BCUT2D eigenvalue weighted by Crippen LogP contribution is -2.10. The number of Topliss-reactive ketones (excluding diaryl/α,β-unsaturated/α-hetero) is 1. The number of aryl methyl sites for hydroxylation is 1. The summed E-state index contributed by atoms with van der Waals surface area (Å²) in [5, 5.41) is 1.13. The van der Waals surface area contributed by atoms with E-state index in [-0.39, 0.29) is 11.7 Å². The summed E-state index contributed by atoms with van der Waals surface area (Å²) < 4.78 is 6.99. The summed E-state index contributed by atoms with van der Waals surface area (Å²) >= 11 is 0. The first-order chi connectivity index (χ1) is 10.6. The second kappa shape index (κ2) is 5.67. The number of methoxy groups -OCH3 is 1. The van der Waals surface area contributed by atoms with Crippen molar-refractivity contribution in [2.75, 3.05) is 7.11 Å². The van der Waals surface area contributed by atoms with Gasteiger partial charge in [0.2, 0.25) is 0 Å². The molecule has 5 nitrogen and oxygen atoms in total. The van der Waals surface area contributed by atoms with Crippen LogP contribution in [0.4, 0.5) is 0 Å². The number of imidazole rings is 1. The average molecular weight is 297 g/mol. The van der Waals surface area contributed by atoms with Gasteiger partial charge in [0.1, 0.15) is 5.75 Å². The molecule has 114 valence electrons. The first-order valence-electron chi connectivity index (χ1n) is 7.25. The number of benzene rings is 1. The fraction of sp³-hybridized carbons (Fsp3) is 0.294. The Morgan fingerprint density at radius 2 is 2.27 bits per heavy atom. The van der Waals surface area contributed by atoms with Gasteiger partial charge in [-0.2, -0.15) is 0 Å². The second-order valence-electron chi connectivity index (χ2n) is 5.55. The van der Waals surface area contributed by atoms with E-state index < -0.39 is 0 Å². The number of hydrogen-bond acceptors (Lipinski definition) is 3. The van der Waals surface area contributed by atoms with Crippen LogP contribution in [0, 0.1) is 0 Å². The highest BCUT2D eigenvalue weighted by molar-refractivity contribution is 5.94. The zero-order valence-corrected chi connectivity index (χ0v) is 13.0. The van der Waals surface area contributed by atoms with E-state index in [1.54, 1.807) is 24.1 Å². The Bertz CT molecular complexity index is 816. The number of rotatable bonds is 5. The number of nitrogens with one attached hydrogen (secondary N) is 1. The summed E-state index contributed by atoms with van der Waals surface area (Å²) in [7, 11) is 3.49. The predicted octanol–water partition coefficient (Wildman–Crippen LogP) is 3.29. The van der Waals surface area contributed by atoms with E-state index in [4.69, 9.17) is 4.74 Å². The fourth-order valence-corrected chi connectivity index (χ4v) is 2.78. The van der Waals surface area contributed by atoms with Crippen molar-refractivity contribution in [3.8, 4) is 5.75 Å². The quantitative estimate of drug-likeness (QED) is 0.735.